The van der Waals surface area contributed by atoms with Gasteiger partial charge in [0, 0.05) is 5.92 Å². The Balaban J connectivity index is 2.36. The molecule has 0 radical (unpaired) electrons. The first-order valence-electron chi connectivity index (χ1n) is 5.75. The second-order valence-corrected chi connectivity index (χ2v) is 4.34. The first kappa shape index (κ1) is 12.6. The zero-order chi connectivity index (χ0) is 13.3. The van der Waals surface area contributed by atoms with Gasteiger partial charge >= 0.3 is 11.9 Å². The van der Waals surface area contributed by atoms with E-state index in [1.54, 1.807) is 0 Å². The lowest BCUT2D eigenvalue weighted by atomic mass is 10.1. The van der Waals surface area contributed by atoms with Gasteiger partial charge < -0.3 is 13.9 Å². The number of oxazole rings is 1. The van der Waals surface area contributed by atoms with Crippen LogP contribution in [0.4, 0.5) is 0 Å². The van der Waals surface area contributed by atoms with Gasteiger partial charge in [-0.25, -0.2) is 14.6 Å². The third-order valence-electron chi connectivity index (χ3n) is 3.11. The molecule has 1 aliphatic rings. The predicted molar refractivity (Wildman–Crippen MR) is 60.3 cm³/mol. The molecule has 0 aromatic carbocycles. The largest absolute Gasteiger partial charge is 0.464 e. The van der Waals surface area contributed by atoms with Gasteiger partial charge in [-0.2, -0.15) is 0 Å². The Hall–Kier alpha value is -1.85. The van der Waals surface area contributed by atoms with E-state index in [1.807, 2.05) is 6.92 Å². The predicted octanol–water partition coefficient (Wildman–Crippen LogP) is 1.76. The van der Waals surface area contributed by atoms with Crippen LogP contribution in [0.3, 0.4) is 0 Å². The van der Waals surface area contributed by atoms with Crippen molar-refractivity contribution in [3.63, 3.8) is 0 Å². The summed E-state index contributed by atoms with van der Waals surface area (Å²) >= 11 is 0. The first-order valence-corrected chi connectivity index (χ1v) is 5.75. The smallest absolute Gasteiger partial charge is 0.376 e. The summed E-state index contributed by atoms with van der Waals surface area (Å²) in [6, 6.07) is 0. The van der Waals surface area contributed by atoms with Crippen LogP contribution in [0.25, 0.3) is 0 Å². The van der Waals surface area contributed by atoms with E-state index in [1.165, 1.54) is 14.2 Å². The lowest BCUT2D eigenvalue weighted by Crippen LogP contribution is -2.10. The van der Waals surface area contributed by atoms with Crippen LogP contribution in [-0.4, -0.2) is 31.1 Å². The molecule has 2 rings (SSSR count). The SMILES string of the molecule is COC(=O)c1nc(C(C)C2CC2)oc1C(=O)OC. The van der Waals surface area contributed by atoms with E-state index in [0.717, 1.165) is 12.8 Å². The molecule has 1 aromatic rings. The van der Waals surface area contributed by atoms with Crippen LogP contribution in [0.5, 0.6) is 0 Å². The molecule has 0 spiro atoms. The molecule has 0 N–H and O–H groups in total. The van der Waals surface area contributed by atoms with Crippen molar-refractivity contribution in [3.05, 3.63) is 17.3 Å². The number of esters is 2. The summed E-state index contributed by atoms with van der Waals surface area (Å²) in [6.45, 7) is 1.96. The molecule has 1 atom stereocenters. The minimum absolute atomic E-state index is 0.0896. The Labute approximate surface area is 104 Å². The fraction of sp³-hybridized carbons (Fsp3) is 0.583. The van der Waals surface area contributed by atoms with Gasteiger partial charge in [-0.1, -0.05) is 6.92 Å². The topological polar surface area (TPSA) is 78.6 Å². The van der Waals surface area contributed by atoms with Gasteiger partial charge in [0.1, 0.15) is 0 Å². The number of hydrogen-bond donors (Lipinski definition) is 0. The van der Waals surface area contributed by atoms with Crippen molar-refractivity contribution >= 4 is 11.9 Å². The van der Waals surface area contributed by atoms with Gasteiger partial charge in [-0.3, -0.25) is 0 Å². The van der Waals surface area contributed by atoms with Gasteiger partial charge in [0.05, 0.1) is 14.2 Å². The summed E-state index contributed by atoms with van der Waals surface area (Å²) in [5, 5.41) is 0. The van der Waals surface area contributed by atoms with Crippen LogP contribution in [0.15, 0.2) is 4.42 Å². The van der Waals surface area contributed by atoms with Crippen molar-refractivity contribution in [1.82, 2.24) is 4.98 Å². The number of carbonyl (C=O) groups excluding carboxylic acids is 2. The fourth-order valence-corrected chi connectivity index (χ4v) is 1.80. The molecule has 18 heavy (non-hydrogen) atoms. The fourth-order valence-electron chi connectivity index (χ4n) is 1.80. The van der Waals surface area contributed by atoms with Crippen LogP contribution in [0.2, 0.25) is 0 Å². The Bertz CT molecular complexity index is 441. The van der Waals surface area contributed by atoms with Gasteiger partial charge in [0.2, 0.25) is 11.5 Å². The van der Waals surface area contributed by atoms with Crippen molar-refractivity contribution in [2.45, 2.75) is 25.7 Å². The first-order chi connectivity index (χ1) is 8.58. The zero-order valence-electron chi connectivity index (χ0n) is 10.6. The third kappa shape index (κ3) is 2.23. The number of rotatable bonds is 4. The zero-order valence-corrected chi connectivity index (χ0v) is 10.6. The van der Waals surface area contributed by atoms with Gasteiger partial charge in [0.15, 0.2) is 5.89 Å². The molecule has 0 saturated heterocycles. The molecule has 0 bridgehead atoms. The standard InChI is InChI=1S/C12H15NO5/c1-6(7-4-5-7)10-13-8(11(14)16-2)9(18-10)12(15)17-3/h6-7H,4-5H2,1-3H3. The van der Waals surface area contributed by atoms with Crippen LogP contribution < -0.4 is 0 Å². The van der Waals surface area contributed by atoms with Crippen LogP contribution in [-0.2, 0) is 9.47 Å². The second kappa shape index (κ2) is 4.80. The molecule has 0 aliphatic heterocycles. The van der Waals surface area contributed by atoms with Gasteiger partial charge in [-0.05, 0) is 18.8 Å². The lowest BCUT2D eigenvalue weighted by molar-refractivity contribution is 0.0525. The van der Waals surface area contributed by atoms with E-state index in [0.29, 0.717) is 11.8 Å². The number of hydrogen-bond acceptors (Lipinski definition) is 6. The van der Waals surface area contributed by atoms with Crippen LogP contribution in [0, 0.1) is 5.92 Å². The summed E-state index contributed by atoms with van der Waals surface area (Å²) in [5.41, 5.74) is -0.119. The van der Waals surface area contributed by atoms with Gasteiger partial charge in [-0.15, -0.1) is 0 Å². The maximum absolute atomic E-state index is 11.5. The number of aromatic nitrogens is 1. The molecular weight excluding hydrogens is 238 g/mol. The Morgan fingerprint density at radius 2 is 1.89 bits per heavy atom. The molecule has 1 saturated carbocycles. The average Bonchev–Trinajstić information content (AvgIpc) is 3.14. The second-order valence-electron chi connectivity index (χ2n) is 4.34. The Morgan fingerprint density at radius 1 is 1.28 bits per heavy atom. The summed E-state index contributed by atoms with van der Waals surface area (Å²) in [7, 11) is 2.44. The molecule has 1 unspecified atom stereocenters. The van der Waals surface area contributed by atoms with E-state index >= 15 is 0 Å². The summed E-state index contributed by atoms with van der Waals surface area (Å²) in [6.07, 6.45) is 2.23. The molecular formula is C12H15NO5. The molecule has 1 aromatic heterocycles. The van der Waals surface area contributed by atoms with Crippen molar-refractivity contribution in [3.8, 4) is 0 Å². The molecule has 1 heterocycles. The molecule has 6 heteroatoms. The number of ether oxygens (including phenoxy) is 2. The Kier molecular flexibility index (Phi) is 3.36. The normalized spacial score (nSPS) is 16.2. The summed E-state index contributed by atoms with van der Waals surface area (Å²) in [5.74, 6) is -0.623. The third-order valence-corrected chi connectivity index (χ3v) is 3.11. The Morgan fingerprint density at radius 3 is 2.39 bits per heavy atom. The molecule has 98 valence electrons. The monoisotopic (exact) mass is 253 g/mol. The maximum atomic E-state index is 11.5. The van der Waals surface area contributed by atoms with Crippen molar-refractivity contribution < 1.29 is 23.5 Å². The molecule has 1 aliphatic carbocycles. The van der Waals surface area contributed by atoms with Crippen molar-refractivity contribution in [2.75, 3.05) is 14.2 Å². The summed E-state index contributed by atoms with van der Waals surface area (Å²) in [4.78, 5) is 27.1. The molecule has 1 fully saturated rings. The number of nitrogens with zero attached hydrogens (tertiary/aromatic N) is 1. The quantitative estimate of drug-likeness (QED) is 0.761. The van der Waals surface area contributed by atoms with Crippen LogP contribution >= 0.6 is 0 Å². The average molecular weight is 253 g/mol. The summed E-state index contributed by atoms with van der Waals surface area (Å²) < 4.78 is 14.5. The van der Waals surface area contributed by atoms with Crippen molar-refractivity contribution in [1.29, 1.82) is 0 Å². The lowest BCUT2D eigenvalue weighted by Gasteiger charge is -2.02. The van der Waals surface area contributed by atoms with Crippen LogP contribution in [0.1, 0.15) is 52.6 Å². The van der Waals surface area contributed by atoms with E-state index < -0.39 is 11.9 Å². The van der Waals surface area contributed by atoms with E-state index in [9.17, 15) is 9.59 Å². The van der Waals surface area contributed by atoms with E-state index in [-0.39, 0.29) is 17.4 Å². The maximum Gasteiger partial charge on any atom is 0.376 e. The minimum Gasteiger partial charge on any atom is -0.464 e. The van der Waals surface area contributed by atoms with E-state index in [2.05, 4.69) is 14.5 Å². The van der Waals surface area contributed by atoms with Crippen molar-refractivity contribution in [2.24, 2.45) is 5.92 Å². The minimum atomic E-state index is -0.725. The number of carbonyl (C=O) groups is 2. The van der Waals surface area contributed by atoms with Gasteiger partial charge in [0.25, 0.3) is 0 Å². The number of methoxy groups -OCH3 is 2. The highest BCUT2D eigenvalue weighted by atomic mass is 16.5. The van der Waals surface area contributed by atoms with E-state index in [4.69, 9.17) is 4.42 Å². The highest BCUT2D eigenvalue weighted by Crippen LogP contribution is 2.42. The molecule has 6 nitrogen and oxygen atoms in total. The molecule has 0 amide bonds. The highest BCUT2D eigenvalue weighted by molar-refractivity contribution is 5.99. The highest BCUT2D eigenvalue weighted by Gasteiger charge is 2.35.